The molecule has 0 saturated heterocycles. The second-order valence-corrected chi connectivity index (χ2v) is 5.90. The summed E-state index contributed by atoms with van der Waals surface area (Å²) in [6.07, 6.45) is 4.20. The maximum atomic E-state index is 12.4. The van der Waals surface area contributed by atoms with Crippen LogP contribution in [0.1, 0.15) is 37.2 Å². The lowest BCUT2D eigenvalue weighted by Gasteiger charge is -2.36. The number of carbonyl (C=O) groups excluding carboxylic acids is 1. The SMILES string of the molecule is Cc1ncc2n1C(=O)N(C1CCC(N(C)C(=O)O)CC1)C2. The fourth-order valence-electron chi connectivity index (χ4n) is 3.43. The molecule has 1 aromatic rings. The van der Waals surface area contributed by atoms with Gasteiger partial charge in [-0.15, -0.1) is 0 Å². The minimum absolute atomic E-state index is 0.00930. The third kappa shape index (κ3) is 2.26. The van der Waals surface area contributed by atoms with Crippen LogP contribution in [0.2, 0.25) is 0 Å². The summed E-state index contributed by atoms with van der Waals surface area (Å²) in [5, 5.41) is 9.03. The van der Waals surface area contributed by atoms with Crippen LogP contribution in [0.25, 0.3) is 0 Å². The fourth-order valence-corrected chi connectivity index (χ4v) is 3.43. The number of nitrogens with zero attached hydrogens (tertiary/aromatic N) is 4. The lowest BCUT2D eigenvalue weighted by molar-refractivity contribution is 0.105. The highest BCUT2D eigenvalue weighted by Crippen LogP contribution is 2.30. The Hall–Kier alpha value is -2.05. The molecular formula is C14H20N4O3. The molecule has 1 saturated carbocycles. The van der Waals surface area contributed by atoms with Crippen LogP contribution in [0.3, 0.4) is 0 Å². The van der Waals surface area contributed by atoms with Crippen molar-refractivity contribution in [1.82, 2.24) is 19.4 Å². The summed E-state index contributed by atoms with van der Waals surface area (Å²) in [7, 11) is 1.62. The second kappa shape index (κ2) is 5.05. The zero-order valence-electron chi connectivity index (χ0n) is 12.3. The molecule has 7 nitrogen and oxygen atoms in total. The molecule has 7 heteroatoms. The molecule has 3 rings (SSSR count). The van der Waals surface area contributed by atoms with Crippen molar-refractivity contribution in [3.63, 3.8) is 0 Å². The standard InChI is InChI=1S/C14H20N4O3/c1-9-15-7-12-8-17(13(19)18(9)12)11-5-3-10(4-6-11)16(2)14(20)21/h7,10-11H,3-6,8H2,1-2H3,(H,20,21). The highest BCUT2D eigenvalue weighted by atomic mass is 16.4. The predicted molar refractivity (Wildman–Crippen MR) is 75.1 cm³/mol. The van der Waals surface area contributed by atoms with Crippen LogP contribution in [-0.2, 0) is 6.54 Å². The predicted octanol–water partition coefficient (Wildman–Crippen LogP) is 1.90. The number of fused-ring (bicyclic) bond motifs is 1. The van der Waals surface area contributed by atoms with Crippen LogP contribution >= 0.6 is 0 Å². The van der Waals surface area contributed by atoms with Crippen molar-refractivity contribution in [2.45, 2.75) is 51.2 Å². The Morgan fingerprint density at radius 2 is 2.05 bits per heavy atom. The van der Waals surface area contributed by atoms with E-state index in [4.69, 9.17) is 5.11 Å². The molecule has 1 N–H and O–H groups in total. The molecule has 1 aliphatic heterocycles. The summed E-state index contributed by atoms with van der Waals surface area (Å²) in [6.45, 7) is 2.45. The summed E-state index contributed by atoms with van der Waals surface area (Å²) in [5.74, 6) is 0.733. The Morgan fingerprint density at radius 3 is 2.62 bits per heavy atom. The molecule has 0 unspecified atom stereocenters. The average Bonchev–Trinajstić information content (AvgIpc) is 2.99. The van der Waals surface area contributed by atoms with Gasteiger partial charge in [-0.3, -0.25) is 4.57 Å². The number of hydrogen-bond donors (Lipinski definition) is 1. The molecule has 1 aromatic heterocycles. The molecule has 0 radical (unpaired) electrons. The largest absolute Gasteiger partial charge is 0.465 e. The van der Waals surface area contributed by atoms with Gasteiger partial charge in [0.05, 0.1) is 18.4 Å². The van der Waals surface area contributed by atoms with E-state index < -0.39 is 6.09 Å². The van der Waals surface area contributed by atoms with Crippen molar-refractivity contribution in [3.8, 4) is 0 Å². The normalized spacial score (nSPS) is 25.0. The maximum absolute atomic E-state index is 12.4. The summed E-state index contributed by atoms with van der Waals surface area (Å²) >= 11 is 0. The van der Waals surface area contributed by atoms with Crippen LogP contribution in [-0.4, -0.2) is 55.7 Å². The van der Waals surface area contributed by atoms with Crippen LogP contribution in [0.4, 0.5) is 9.59 Å². The van der Waals surface area contributed by atoms with Crippen LogP contribution in [0.15, 0.2) is 6.20 Å². The summed E-state index contributed by atoms with van der Waals surface area (Å²) in [4.78, 5) is 30.9. The lowest BCUT2D eigenvalue weighted by atomic mass is 9.89. The molecule has 0 aromatic carbocycles. The second-order valence-electron chi connectivity index (χ2n) is 5.90. The van der Waals surface area contributed by atoms with Crippen LogP contribution in [0.5, 0.6) is 0 Å². The number of rotatable bonds is 2. The van der Waals surface area contributed by atoms with Gasteiger partial charge in [0.2, 0.25) is 0 Å². The first-order chi connectivity index (χ1) is 9.99. The number of imidazole rings is 1. The first-order valence-corrected chi connectivity index (χ1v) is 7.29. The molecule has 1 fully saturated rings. The van der Waals surface area contributed by atoms with E-state index in [1.807, 2.05) is 11.8 Å². The molecule has 21 heavy (non-hydrogen) atoms. The molecule has 1 aliphatic carbocycles. The first kappa shape index (κ1) is 13.9. The van der Waals surface area contributed by atoms with E-state index in [2.05, 4.69) is 4.98 Å². The van der Waals surface area contributed by atoms with Crippen LogP contribution in [0, 0.1) is 6.92 Å². The Bertz CT molecular complexity index is 575. The van der Waals surface area contributed by atoms with E-state index in [1.165, 1.54) is 4.90 Å². The van der Waals surface area contributed by atoms with Crippen molar-refractivity contribution < 1.29 is 14.7 Å². The minimum Gasteiger partial charge on any atom is -0.465 e. The van der Waals surface area contributed by atoms with Gasteiger partial charge in [-0.2, -0.15) is 0 Å². The van der Waals surface area contributed by atoms with E-state index in [0.717, 1.165) is 37.2 Å². The highest BCUT2D eigenvalue weighted by molar-refractivity contribution is 5.81. The lowest BCUT2D eigenvalue weighted by Crippen LogP contribution is -2.45. The molecule has 2 amide bonds. The van der Waals surface area contributed by atoms with Crippen molar-refractivity contribution in [2.75, 3.05) is 7.05 Å². The molecule has 2 aliphatic rings. The van der Waals surface area contributed by atoms with E-state index in [-0.39, 0.29) is 18.1 Å². The van der Waals surface area contributed by atoms with Gasteiger partial charge in [-0.1, -0.05) is 0 Å². The number of hydrogen-bond acceptors (Lipinski definition) is 3. The molecule has 0 atom stereocenters. The van der Waals surface area contributed by atoms with Crippen molar-refractivity contribution in [3.05, 3.63) is 17.7 Å². The molecule has 2 heterocycles. The van der Waals surface area contributed by atoms with Crippen molar-refractivity contribution in [2.24, 2.45) is 0 Å². The number of carboxylic acid groups (broad SMARTS) is 1. The first-order valence-electron chi connectivity index (χ1n) is 7.29. The zero-order chi connectivity index (χ0) is 15.1. The maximum Gasteiger partial charge on any atom is 0.407 e. The van der Waals surface area contributed by atoms with E-state index in [9.17, 15) is 9.59 Å². The Balaban J connectivity index is 1.64. The van der Waals surface area contributed by atoms with Gasteiger partial charge >= 0.3 is 12.1 Å². The monoisotopic (exact) mass is 292 g/mol. The number of aryl methyl sites for hydroxylation is 1. The zero-order valence-corrected chi connectivity index (χ0v) is 12.3. The topological polar surface area (TPSA) is 78.7 Å². The smallest absolute Gasteiger partial charge is 0.407 e. The number of carbonyl (C=O) groups is 2. The quantitative estimate of drug-likeness (QED) is 0.903. The molecule has 0 spiro atoms. The van der Waals surface area contributed by atoms with Crippen molar-refractivity contribution in [1.29, 1.82) is 0 Å². The van der Waals surface area contributed by atoms with E-state index in [0.29, 0.717) is 6.54 Å². The molecule has 114 valence electrons. The van der Waals surface area contributed by atoms with Gasteiger partial charge in [0.15, 0.2) is 0 Å². The Labute approximate surface area is 123 Å². The number of amides is 2. The highest BCUT2D eigenvalue weighted by Gasteiger charge is 2.36. The van der Waals surface area contributed by atoms with Gasteiger partial charge in [-0.25, -0.2) is 14.6 Å². The molecular weight excluding hydrogens is 272 g/mol. The third-order valence-corrected chi connectivity index (χ3v) is 4.74. The number of aromatic nitrogens is 2. The van der Waals surface area contributed by atoms with Gasteiger partial charge in [0.1, 0.15) is 5.82 Å². The van der Waals surface area contributed by atoms with Crippen LogP contribution < -0.4 is 0 Å². The van der Waals surface area contributed by atoms with E-state index >= 15 is 0 Å². The minimum atomic E-state index is -0.881. The van der Waals surface area contributed by atoms with Gasteiger partial charge < -0.3 is 14.9 Å². The Morgan fingerprint density at radius 1 is 1.38 bits per heavy atom. The summed E-state index contributed by atoms with van der Waals surface area (Å²) < 4.78 is 1.68. The van der Waals surface area contributed by atoms with Crippen molar-refractivity contribution >= 4 is 12.1 Å². The van der Waals surface area contributed by atoms with Gasteiger partial charge in [0.25, 0.3) is 0 Å². The summed E-state index contributed by atoms with van der Waals surface area (Å²) in [6, 6.07) is 0.282. The molecule has 0 bridgehead atoms. The Kier molecular flexibility index (Phi) is 3.35. The summed E-state index contributed by atoms with van der Waals surface area (Å²) in [5.41, 5.74) is 0.947. The third-order valence-electron chi connectivity index (χ3n) is 4.74. The van der Waals surface area contributed by atoms with E-state index in [1.54, 1.807) is 17.8 Å². The van der Waals surface area contributed by atoms with Gasteiger partial charge in [-0.05, 0) is 32.6 Å². The average molecular weight is 292 g/mol. The fraction of sp³-hybridized carbons (Fsp3) is 0.643. The van der Waals surface area contributed by atoms with Gasteiger partial charge in [0, 0.05) is 19.1 Å².